The van der Waals surface area contributed by atoms with Crippen LogP contribution in [0.25, 0.3) is 10.9 Å². The zero-order valence-electron chi connectivity index (χ0n) is 18.9. The first kappa shape index (κ1) is 23.0. The molecule has 0 atom stereocenters. The number of benzene rings is 2. The van der Waals surface area contributed by atoms with E-state index in [1.54, 1.807) is 6.20 Å². The van der Waals surface area contributed by atoms with Crippen molar-refractivity contribution in [2.75, 3.05) is 19.8 Å². The molecule has 0 aliphatic carbocycles. The Hall–Kier alpha value is -2.80. The Morgan fingerprint density at radius 1 is 1.12 bits per heavy atom. The first-order valence-electron chi connectivity index (χ1n) is 11.3. The fraction of sp³-hybridized carbons (Fsp3) is 0.308. The van der Waals surface area contributed by atoms with E-state index in [0.29, 0.717) is 42.0 Å². The van der Waals surface area contributed by atoms with Crippen LogP contribution in [-0.2, 0) is 23.7 Å². The highest BCUT2D eigenvalue weighted by molar-refractivity contribution is 6.38. The van der Waals surface area contributed by atoms with Crippen LogP contribution in [0.15, 0.2) is 60.9 Å². The lowest BCUT2D eigenvalue weighted by Gasteiger charge is -2.38. The van der Waals surface area contributed by atoms with Gasteiger partial charge in [0.25, 0.3) is 5.91 Å². The van der Waals surface area contributed by atoms with Crippen LogP contribution in [0.4, 0.5) is 0 Å². The SMILES string of the molecule is Cn1ccnc1Cn1c(C(=O)NCC2(c3ccc(Cl)cc3)CCOCC2)c(Cl)c2ccccc21. The molecule has 1 amide bonds. The van der Waals surface area contributed by atoms with Crippen molar-refractivity contribution in [2.45, 2.75) is 24.8 Å². The summed E-state index contributed by atoms with van der Waals surface area (Å²) in [7, 11) is 1.94. The Bertz CT molecular complexity index is 1320. The van der Waals surface area contributed by atoms with Gasteiger partial charge in [-0.15, -0.1) is 0 Å². The molecule has 4 aromatic rings. The van der Waals surface area contributed by atoms with E-state index in [-0.39, 0.29) is 11.3 Å². The number of nitrogens with zero attached hydrogens (tertiary/aromatic N) is 3. The number of hydrogen-bond donors (Lipinski definition) is 1. The number of halogens is 2. The summed E-state index contributed by atoms with van der Waals surface area (Å²) < 4.78 is 9.54. The molecule has 1 fully saturated rings. The summed E-state index contributed by atoms with van der Waals surface area (Å²) in [6, 6.07) is 15.7. The highest BCUT2D eigenvalue weighted by Crippen LogP contribution is 2.36. The van der Waals surface area contributed by atoms with Crippen molar-refractivity contribution in [3.8, 4) is 0 Å². The first-order valence-corrected chi connectivity index (χ1v) is 12.1. The highest BCUT2D eigenvalue weighted by atomic mass is 35.5. The van der Waals surface area contributed by atoms with Gasteiger partial charge in [-0.25, -0.2) is 4.98 Å². The van der Waals surface area contributed by atoms with Gasteiger partial charge < -0.3 is 19.2 Å². The van der Waals surface area contributed by atoms with Gasteiger partial charge in [-0.2, -0.15) is 0 Å². The van der Waals surface area contributed by atoms with Crippen molar-refractivity contribution in [3.05, 3.63) is 88.1 Å². The molecule has 1 saturated heterocycles. The van der Waals surface area contributed by atoms with Crippen molar-refractivity contribution in [3.63, 3.8) is 0 Å². The fourth-order valence-electron chi connectivity index (χ4n) is 4.80. The van der Waals surface area contributed by atoms with Gasteiger partial charge in [0.2, 0.25) is 0 Å². The number of amides is 1. The van der Waals surface area contributed by atoms with E-state index in [1.807, 2.05) is 70.9 Å². The van der Waals surface area contributed by atoms with Gasteiger partial charge in [-0.3, -0.25) is 4.79 Å². The minimum atomic E-state index is -0.221. The summed E-state index contributed by atoms with van der Waals surface area (Å²) in [5, 5.41) is 5.20. The Labute approximate surface area is 208 Å². The summed E-state index contributed by atoms with van der Waals surface area (Å²) >= 11 is 12.9. The van der Waals surface area contributed by atoms with Crippen LogP contribution in [0, 0.1) is 0 Å². The fourth-order valence-corrected chi connectivity index (χ4v) is 5.28. The van der Waals surface area contributed by atoms with Crippen molar-refractivity contribution in [1.29, 1.82) is 0 Å². The van der Waals surface area contributed by atoms with Crippen molar-refractivity contribution in [2.24, 2.45) is 7.05 Å². The van der Waals surface area contributed by atoms with Gasteiger partial charge in [0.1, 0.15) is 11.5 Å². The molecule has 2 aromatic carbocycles. The third-order valence-electron chi connectivity index (χ3n) is 6.84. The molecule has 2 aromatic heterocycles. The molecule has 5 rings (SSSR count). The Morgan fingerprint density at radius 3 is 2.56 bits per heavy atom. The van der Waals surface area contributed by atoms with Crippen molar-refractivity contribution >= 4 is 40.0 Å². The molecule has 0 saturated carbocycles. The number of carbonyl (C=O) groups is 1. The largest absolute Gasteiger partial charge is 0.381 e. The highest BCUT2D eigenvalue weighted by Gasteiger charge is 2.35. The van der Waals surface area contributed by atoms with Crippen LogP contribution in [0.1, 0.15) is 34.7 Å². The van der Waals surface area contributed by atoms with Crippen molar-refractivity contribution < 1.29 is 9.53 Å². The second kappa shape index (κ2) is 9.45. The normalized spacial score (nSPS) is 15.5. The van der Waals surface area contributed by atoms with Gasteiger partial charge in [0.05, 0.1) is 17.1 Å². The maximum Gasteiger partial charge on any atom is 0.269 e. The molecule has 1 N–H and O–H groups in total. The number of fused-ring (bicyclic) bond motifs is 1. The van der Waals surface area contributed by atoms with Crippen LogP contribution in [-0.4, -0.2) is 39.8 Å². The van der Waals surface area contributed by atoms with Gasteiger partial charge in [-0.1, -0.05) is 53.5 Å². The molecule has 6 nitrogen and oxygen atoms in total. The molecule has 0 spiro atoms. The lowest BCUT2D eigenvalue weighted by Crippen LogP contribution is -2.45. The van der Waals surface area contributed by atoms with Crippen molar-refractivity contribution in [1.82, 2.24) is 19.4 Å². The van der Waals surface area contributed by atoms with Crippen LogP contribution in [0.2, 0.25) is 10.0 Å². The molecule has 0 radical (unpaired) electrons. The molecular formula is C26H26Cl2N4O2. The van der Waals surface area contributed by atoms with Gasteiger partial charge in [-0.05, 0) is 36.6 Å². The van der Waals surface area contributed by atoms with E-state index in [0.717, 1.165) is 35.1 Å². The smallest absolute Gasteiger partial charge is 0.269 e. The Kier molecular flexibility index (Phi) is 6.38. The van der Waals surface area contributed by atoms with Crippen LogP contribution in [0.3, 0.4) is 0 Å². The summed E-state index contributed by atoms with van der Waals surface area (Å²) in [6.45, 7) is 2.23. The molecule has 34 heavy (non-hydrogen) atoms. The van der Waals surface area contributed by atoms with Crippen LogP contribution < -0.4 is 5.32 Å². The molecular weight excluding hydrogens is 471 g/mol. The predicted octanol–water partition coefficient (Wildman–Crippen LogP) is 5.21. The molecule has 176 valence electrons. The summed E-state index contributed by atoms with van der Waals surface area (Å²) in [6.07, 6.45) is 5.28. The minimum absolute atomic E-state index is 0.199. The van der Waals surface area contributed by atoms with E-state index >= 15 is 0 Å². The number of para-hydroxylation sites is 1. The van der Waals surface area contributed by atoms with E-state index < -0.39 is 0 Å². The summed E-state index contributed by atoms with van der Waals surface area (Å²) in [5.41, 5.74) is 2.28. The average molecular weight is 497 g/mol. The number of aromatic nitrogens is 3. The molecule has 3 heterocycles. The number of ether oxygens (including phenoxy) is 1. The molecule has 1 aliphatic heterocycles. The topological polar surface area (TPSA) is 61.1 Å². The standard InChI is InChI=1S/C26H26Cl2N4O2/c1-31-13-12-29-22(31)16-32-21-5-3-2-4-20(21)23(28)24(32)25(33)30-17-26(10-14-34-15-11-26)18-6-8-19(27)9-7-18/h2-9,12-13H,10-11,14-17H2,1H3,(H,30,33). The minimum Gasteiger partial charge on any atom is -0.381 e. The average Bonchev–Trinajstić information content (AvgIpc) is 3.39. The molecule has 8 heteroatoms. The van der Waals surface area contributed by atoms with E-state index in [4.69, 9.17) is 27.9 Å². The van der Waals surface area contributed by atoms with Gasteiger partial charge in [0, 0.05) is 55.0 Å². The molecule has 1 aliphatic rings. The van der Waals surface area contributed by atoms with Gasteiger partial charge in [0.15, 0.2) is 0 Å². The molecule has 0 bridgehead atoms. The lowest BCUT2D eigenvalue weighted by molar-refractivity contribution is 0.0486. The summed E-state index contributed by atoms with van der Waals surface area (Å²) in [4.78, 5) is 18.1. The Morgan fingerprint density at radius 2 is 1.85 bits per heavy atom. The van der Waals surface area contributed by atoms with Crippen LogP contribution >= 0.6 is 23.2 Å². The second-order valence-corrected chi connectivity index (χ2v) is 9.62. The number of hydrogen-bond acceptors (Lipinski definition) is 3. The number of nitrogens with one attached hydrogen (secondary N) is 1. The second-order valence-electron chi connectivity index (χ2n) is 8.80. The first-order chi connectivity index (χ1) is 16.5. The third-order valence-corrected chi connectivity index (χ3v) is 7.47. The predicted molar refractivity (Wildman–Crippen MR) is 135 cm³/mol. The van der Waals surface area contributed by atoms with Gasteiger partial charge >= 0.3 is 0 Å². The quantitative estimate of drug-likeness (QED) is 0.398. The number of carbonyl (C=O) groups excluding carboxylic acids is 1. The molecule has 0 unspecified atom stereocenters. The van der Waals surface area contributed by atoms with E-state index in [9.17, 15) is 4.79 Å². The lowest BCUT2D eigenvalue weighted by atomic mass is 9.74. The Balaban J connectivity index is 1.48. The monoisotopic (exact) mass is 496 g/mol. The van der Waals surface area contributed by atoms with Crippen LogP contribution in [0.5, 0.6) is 0 Å². The maximum absolute atomic E-state index is 13.6. The number of aryl methyl sites for hydroxylation is 1. The number of imidazole rings is 1. The van der Waals surface area contributed by atoms with E-state index in [1.165, 1.54) is 0 Å². The zero-order chi connectivity index (χ0) is 23.7. The maximum atomic E-state index is 13.6. The number of rotatable bonds is 6. The third kappa shape index (κ3) is 4.22. The van der Waals surface area contributed by atoms with E-state index in [2.05, 4.69) is 10.3 Å². The summed E-state index contributed by atoms with van der Waals surface area (Å²) in [5.74, 6) is 0.642. The zero-order valence-corrected chi connectivity index (χ0v) is 20.4.